The fourth-order valence-electron chi connectivity index (χ4n) is 5.52. The highest BCUT2D eigenvalue weighted by molar-refractivity contribution is 7.80. The van der Waals surface area contributed by atoms with Crippen molar-refractivity contribution in [1.82, 2.24) is 19.8 Å². The molecular formula is C32H35N5O2S. The van der Waals surface area contributed by atoms with E-state index in [2.05, 4.69) is 51.1 Å². The number of amides is 1. The third kappa shape index (κ3) is 5.45. The third-order valence-corrected chi connectivity index (χ3v) is 7.90. The highest BCUT2D eigenvalue weighted by Gasteiger charge is 2.41. The molecule has 0 radical (unpaired) electrons. The van der Waals surface area contributed by atoms with E-state index >= 15 is 0 Å². The van der Waals surface area contributed by atoms with Gasteiger partial charge in [-0.1, -0.05) is 24.3 Å². The van der Waals surface area contributed by atoms with Gasteiger partial charge in [0.2, 0.25) is 5.91 Å². The van der Waals surface area contributed by atoms with E-state index in [0.29, 0.717) is 18.1 Å². The van der Waals surface area contributed by atoms with Crippen molar-refractivity contribution in [3.05, 3.63) is 107 Å². The van der Waals surface area contributed by atoms with Crippen LogP contribution in [0, 0.1) is 27.7 Å². The summed E-state index contributed by atoms with van der Waals surface area (Å²) in [5, 5.41) is 7.21. The minimum atomic E-state index is -0.157. The molecule has 2 N–H and O–H groups in total. The van der Waals surface area contributed by atoms with Crippen LogP contribution >= 0.6 is 12.2 Å². The Labute approximate surface area is 241 Å². The van der Waals surface area contributed by atoms with Gasteiger partial charge in [0.05, 0.1) is 24.9 Å². The van der Waals surface area contributed by atoms with Gasteiger partial charge in [-0.25, -0.2) is 0 Å². The summed E-state index contributed by atoms with van der Waals surface area (Å²) in [6.07, 6.45) is 2.10. The largest absolute Gasteiger partial charge is 0.497 e. The summed E-state index contributed by atoms with van der Waals surface area (Å²) in [5.74, 6) is 0.761. The molecule has 0 aliphatic carbocycles. The molecule has 7 nitrogen and oxygen atoms in total. The first kappa shape index (κ1) is 27.4. The topological polar surface area (TPSA) is 71.4 Å². The van der Waals surface area contributed by atoms with Gasteiger partial charge in [0.15, 0.2) is 5.11 Å². The second-order valence-electron chi connectivity index (χ2n) is 10.3. The van der Waals surface area contributed by atoms with Crippen molar-refractivity contribution in [1.29, 1.82) is 0 Å². The lowest BCUT2D eigenvalue weighted by molar-refractivity contribution is -0.116. The van der Waals surface area contributed by atoms with Crippen LogP contribution in [0.15, 0.2) is 72.9 Å². The SMILES string of the molecule is COc1cccc(-n2c(C)cc(C3C(c4ccccn4)NC(=S)N3CCC(=O)Nc3cc(C)ccc3C)c2C)c1. The molecule has 3 heterocycles. The molecule has 40 heavy (non-hydrogen) atoms. The van der Waals surface area contributed by atoms with E-state index in [-0.39, 0.29) is 18.0 Å². The van der Waals surface area contributed by atoms with Crippen molar-refractivity contribution in [3.8, 4) is 11.4 Å². The molecule has 8 heteroatoms. The molecule has 2 atom stereocenters. The van der Waals surface area contributed by atoms with Gasteiger partial charge < -0.3 is 24.8 Å². The van der Waals surface area contributed by atoms with Crippen molar-refractivity contribution < 1.29 is 9.53 Å². The predicted molar refractivity (Wildman–Crippen MR) is 163 cm³/mol. The molecule has 5 rings (SSSR count). The number of hydrogen-bond donors (Lipinski definition) is 2. The number of pyridine rings is 1. The van der Waals surface area contributed by atoms with Crippen LogP contribution in [-0.2, 0) is 4.79 Å². The lowest BCUT2D eigenvalue weighted by Crippen LogP contribution is -2.33. The first-order valence-corrected chi connectivity index (χ1v) is 13.9. The highest BCUT2D eigenvalue weighted by atomic mass is 32.1. The molecule has 0 saturated carbocycles. The van der Waals surface area contributed by atoms with E-state index in [1.54, 1.807) is 13.3 Å². The summed E-state index contributed by atoms with van der Waals surface area (Å²) in [6, 6.07) is 22.0. The molecule has 1 fully saturated rings. The molecule has 2 aromatic heterocycles. The van der Waals surface area contributed by atoms with Crippen molar-refractivity contribution in [2.45, 2.75) is 46.2 Å². The second-order valence-corrected chi connectivity index (χ2v) is 10.7. The number of aryl methyl sites for hydroxylation is 3. The number of benzene rings is 2. The van der Waals surface area contributed by atoms with E-state index in [1.807, 2.05) is 68.4 Å². The van der Waals surface area contributed by atoms with Crippen molar-refractivity contribution in [2.24, 2.45) is 0 Å². The van der Waals surface area contributed by atoms with Crippen molar-refractivity contribution >= 4 is 28.9 Å². The Morgan fingerprint density at radius 2 is 1.88 bits per heavy atom. The number of aromatic nitrogens is 2. The standard InChI is InChI=1S/C32H35N5O2S/c1-20-12-13-21(2)28(17-20)34-29(38)14-16-36-31(30(35-32(36)40)27-11-6-7-15-33-27)26-18-22(3)37(23(26)4)24-9-8-10-25(19-24)39-5/h6-13,15,17-19,30-31H,14,16H2,1-5H3,(H,34,38)(H,35,40). The van der Waals surface area contributed by atoms with Crippen LogP contribution in [0.1, 0.15) is 52.3 Å². The van der Waals surface area contributed by atoms with Crippen LogP contribution in [0.2, 0.25) is 0 Å². The Kier molecular flexibility index (Phi) is 7.89. The van der Waals surface area contributed by atoms with Crippen LogP contribution < -0.4 is 15.4 Å². The van der Waals surface area contributed by atoms with Gasteiger partial charge in [-0.05, 0) is 93.0 Å². The van der Waals surface area contributed by atoms with Crippen LogP contribution in [0.3, 0.4) is 0 Å². The van der Waals surface area contributed by atoms with Crippen molar-refractivity contribution in [2.75, 3.05) is 19.0 Å². The maximum Gasteiger partial charge on any atom is 0.226 e. The lowest BCUT2D eigenvalue weighted by atomic mass is 9.96. The van der Waals surface area contributed by atoms with E-state index in [4.69, 9.17) is 17.0 Å². The molecular weight excluding hydrogens is 518 g/mol. The number of carbonyl (C=O) groups is 1. The fourth-order valence-corrected chi connectivity index (χ4v) is 5.86. The van der Waals surface area contributed by atoms with Crippen LogP contribution in [0.4, 0.5) is 5.69 Å². The van der Waals surface area contributed by atoms with Crippen LogP contribution in [0.25, 0.3) is 5.69 Å². The number of anilines is 1. The van der Waals surface area contributed by atoms with E-state index in [1.165, 1.54) is 0 Å². The second kappa shape index (κ2) is 11.5. The molecule has 0 spiro atoms. The van der Waals surface area contributed by atoms with Gasteiger partial charge in [0.1, 0.15) is 5.75 Å². The summed E-state index contributed by atoms with van der Waals surface area (Å²) in [4.78, 5) is 19.9. The Bertz CT molecular complexity index is 1550. The summed E-state index contributed by atoms with van der Waals surface area (Å²) in [6.45, 7) is 8.73. The summed E-state index contributed by atoms with van der Waals surface area (Å²) in [7, 11) is 1.68. The number of methoxy groups -OCH3 is 1. The average Bonchev–Trinajstić information content (AvgIpc) is 3.44. The smallest absolute Gasteiger partial charge is 0.226 e. The zero-order chi connectivity index (χ0) is 28.4. The molecule has 2 aromatic carbocycles. The first-order valence-electron chi connectivity index (χ1n) is 13.4. The highest BCUT2D eigenvalue weighted by Crippen LogP contribution is 2.41. The molecule has 4 aromatic rings. The Hall–Kier alpha value is -4.17. The molecule has 206 valence electrons. The summed E-state index contributed by atoms with van der Waals surface area (Å²) >= 11 is 5.86. The fraction of sp³-hybridized carbons (Fsp3) is 0.281. The predicted octanol–water partition coefficient (Wildman–Crippen LogP) is 6.12. The Balaban J connectivity index is 1.47. The molecule has 2 unspecified atom stereocenters. The van der Waals surface area contributed by atoms with Crippen LogP contribution in [0.5, 0.6) is 5.75 Å². The number of hydrogen-bond acceptors (Lipinski definition) is 4. The van der Waals surface area contributed by atoms with Gasteiger partial charge in [0.25, 0.3) is 0 Å². The number of thiocarbonyl (C=S) groups is 1. The summed E-state index contributed by atoms with van der Waals surface area (Å²) < 4.78 is 7.72. The van der Waals surface area contributed by atoms with Gasteiger partial charge >= 0.3 is 0 Å². The summed E-state index contributed by atoms with van der Waals surface area (Å²) in [5.41, 5.74) is 8.27. The lowest BCUT2D eigenvalue weighted by Gasteiger charge is -2.28. The molecule has 1 amide bonds. The van der Waals surface area contributed by atoms with Gasteiger partial charge in [0, 0.05) is 48.0 Å². The zero-order valence-electron chi connectivity index (χ0n) is 23.6. The first-order chi connectivity index (χ1) is 19.3. The maximum absolute atomic E-state index is 13.1. The quantitative estimate of drug-likeness (QED) is 0.256. The molecule has 1 aliphatic heterocycles. The molecule has 0 bridgehead atoms. The number of ether oxygens (including phenoxy) is 1. The average molecular weight is 554 g/mol. The normalized spacial score (nSPS) is 16.6. The monoisotopic (exact) mass is 553 g/mol. The van der Waals surface area contributed by atoms with Gasteiger partial charge in [-0.2, -0.15) is 0 Å². The zero-order valence-corrected chi connectivity index (χ0v) is 24.4. The number of nitrogens with one attached hydrogen (secondary N) is 2. The molecule has 1 saturated heterocycles. The minimum Gasteiger partial charge on any atom is -0.497 e. The van der Waals surface area contributed by atoms with E-state index in [0.717, 1.165) is 50.9 Å². The Morgan fingerprint density at radius 1 is 1.05 bits per heavy atom. The minimum absolute atomic E-state index is 0.0432. The van der Waals surface area contributed by atoms with Gasteiger partial charge in [-0.15, -0.1) is 0 Å². The number of carbonyl (C=O) groups excluding carboxylic acids is 1. The third-order valence-electron chi connectivity index (χ3n) is 7.55. The van der Waals surface area contributed by atoms with Gasteiger partial charge in [-0.3, -0.25) is 9.78 Å². The van der Waals surface area contributed by atoms with Crippen LogP contribution in [-0.4, -0.2) is 39.1 Å². The Morgan fingerprint density at radius 3 is 2.62 bits per heavy atom. The maximum atomic E-state index is 13.1. The van der Waals surface area contributed by atoms with Crippen molar-refractivity contribution in [3.63, 3.8) is 0 Å². The molecule has 1 aliphatic rings. The van der Waals surface area contributed by atoms with E-state index < -0.39 is 0 Å². The number of rotatable bonds is 8. The van der Waals surface area contributed by atoms with E-state index in [9.17, 15) is 4.79 Å². The number of nitrogens with zero attached hydrogens (tertiary/aromatic N) is 3.